The summed E-state index contributed by atoms with van der Waals surface area (Å²) < 4.78 is 1.95. The van der Waals surface area contributed by atoms with Gasteiger partial charge in [0.1, 0.15) is 0 Å². The quantitative estimate of drug-likeness (QED) is 0.513. The molecule has 1 aromatic carbocycles. The van der Waals surface area contributed by atoms with Crippen molar-refractivity contribution in [3.63, 3.8) is 0 Å². The second-order valence-electron chi connectivity index (χ2n) is 4.18. The fourth-order valence-electron chi connectivity index (χ4n) is 1.79. The molecular weight excluding hydrogens is 393 g/mol. The van der Waals surface area contributed by atoms with E-state index < -0.39 is 0 Å². The molecular formula is C13H13BrINO. The van der Waals surface area contributed by atoms with Crippen molar-refractivity contribution in [2.75, 3.05) is 13.1 Å². The second kappa shape index (κ2) is 5.52. The Hall–Kier alpha value is -0.360. The van der Waals surface area contributed by atoms with Crippen LogP contribution in [-0.2, 0) is 0 Å². The van der Waals surface area contributed by atoms with Crippen LogP contribution in [0.15, 0.2) is 34.3 Å². The molecule has 0 radical (unpaired) electrons. The molecule has 0 aromatic heterocycles. The molecule has 0 aliphatic carbocycles. The lowest BCUT2D eigenvalue weighted by molar-refractivity contribution is 0.0768. The fourth-order valence-corrected chi connectivity index (χ4v) is 2.71. The molecule has 1 aliphatic heterocycles. The number of hydrogen-bond acceptors (Lipinski definition) is 1. The van der Waals surface area contributed by atoms with Crippen LogP contribution in [0.2, 0.25) is 0 Å². The highest BCUT2D eigenvalue weighted by Gasteiger charge is 2.19. The number of carbonyl (C=O) groups is 1. The van der Waals surface area contributed by atoms with Crippen LogP contribution < -0.4 is 0 Å². The van der Waals surface area contributed by atoms with Gasteiger partial charge in [-0.15, -0.1) is 0 Å². The van der Waals surface area contributed by atoms with Crippen molar-refractivity contribution in [3.8, 4) is 0 Å². The first kappa shape index (κ1) is 13.1. The first-order chi connectivity index (χ1) is 8.08. The van der Waals surface area contributed by atoms with E-state index in [2.05, 4.69) is 51.5 Å². The largest absolute Gasteiger partial charge is 0.335 e. The molecule has 0 saturated carbocycles. The summed E-state index contributed by atoms with van der Waals surface area (Å²) in [7, 11) is 0. The summed E-state index contributed by atoms with van der Waals surface area (Å²) in [6.07, 6.45) is 3.11. The van der Waals surface area contributed by atoms with Gasteiger partial charge < -0.3 is 4.90 Å². The molecule has 2 nitrogen and oxygen atoms in total. The van der Waals surface area contributed by atoms with Crippen molar-refractivity contribution in [1.82, 2.24) is 4.90 Å². The molecule has 4 heteroatoms. The van der Waals surface area contributed by atoms with Gasteiger partial charge in [0.05, 0.1) is 5.56 Å². The van der Waals surface area contributed by atoms with E-state index in [1.54, 1.807) is 0 Å². The Morgan fingerprint density at radius 1 is 1.47 bits per heavy atom. The highest BCUT2D eigenvalue weighted by atomic mass is 127. The molecule has 1 aliphatic rings. The van der Waals surface area contributed by atoms with Gasteiger partial charge in [-0.1, -0.05) is 27.6 Å². The van der Waals surface area contributed by atoms with E-state index in [0.29, 0.717) is 0 Å². The summed E-state index contributed by atoms with van der Waals surface area (Å²) in [4.78, 5) is 14.3. The van der Waals surface area contributed by atoms with Crippen molar-refractivity contribution in [1.29, 1.82) is 0 Å². The van der Waals surface area contributed by atoms with E-state index in [9.17, 15) is 4.79 Å². The maximum absolute atomic E-state index is 12.4. The van der Waals surface area contributed by atoms with Crippen LogP contribution in [0, 0.1) is 3.57 Å². The summed E-state index contributed by atoms with van der Waals surface area (Å²) in [6.45, 7) is 3.67. The number of carbonyl (C=O) groups excluding carboxylic acids is 1. The minimum Gasteiger partial charge on any atom is -0.335 e. The van der Waals surface area contributed by atoms with Crippen LogP contribution in [-0.4, -0.2) is 23.9 Å². The Labute approximate surface area is 123 Å². The minimum atomic E-state index is 0.124. The Morgan fingerprint density at radius 2 is 2.24 bits per heavy atom. The zero-order valence-corrected chi connectivity index (χ0v) is 13.3. The van der Waals surface area contributed by atoms with E-state index in [1.165, 1.54) is 5.57 Å². The van der Waals surface area contributed by atoms with Crippen LogP contribution in [0.25, 0.3) is 0 Å². The highest BCUT2D eigenvalue weighted by molar-refractivity contribution is 14.1. The van der Waals surface area contributed by atoms with E-state index in [1.807, 2.05) is 23.1 Å². The lowest BCUT2D eigenvalue weighted by atomic mass is 10.1. The molecule has 2 rings (SSSR count). The molecule has 90 valence electrons. The molecule has 0 bridgehead atoms. The Bertz CT molecular complexity index is 484. The number of halogens is 2. The molecule has 1 aromatic rings. The predicted molar refractivity (Wildman–Crippen MR) is 81.1 cm³/mol. The average molecular weight is 406 g/mol. The van der Waals surface area contributed by atoms with Crippen LogP contribution in [0.1, 0.15) is 23.7 Å². The molecule has 1 amide bonds. The number of hydrogen-bond donors (Lipinski definition) is 0. The number of nitrogens with zero attached hydrogens (tertiary/aromatic N) is 1. The monoisotopic (exact) mass is 405 g/mol. The van der Waals surface area contributed by atoms with E-state index in [-0.39, 0.29) is 5.91 Å². The normalized spacial score (nSPS) is 15.7. The summed E-state index contributed by atoms with van der Waals surface area (Å²) >= 11 is 5.62. The molecule has 0 fully saturated rings. The molecule has 0 atom stereocenters. The standard InChI is InChI=1S/C13H13BrINO/c1-9-4-6-16(7-5-9)13(17)11-8-10(14)2-3-12(11)15/h2-4,8H,5-7H2,1H3. The van der Waals surface area contributed by atoms with Crippen molar-refractivity contribution in [3.05, 3.63) is 43.5 Å². The van der Waals surface area contributed by atoms with Crippen LogP contribution >= 0.6 is 38.5 Å². The van der Waals surface area contributed by atoms with Crippen molar-refractivity contribution >= 4 is 44.4 Å². The predicted octanol–water partition coefficient (Wildman–Crippen LogP) is 3.85. The Morgan fingerprint density at radius 3 is 2.88 bits per heavy atom. The molecule has 0 spiro atoms. The van der Waals surface area contributed by atoms with Gasteiger partial charge in [-0.3, -0.25) is 4.79 Å². The van der Waals surface area contributed by atoms with Crippen LogP contribution in [0.3, 0.4) is 0 Å². The van der Waals surface area contributed by atoms with Gasteiger partial charge in [0.15, 0.2) is 0 Å². The average Bonchev–Trinajstić information content (AvgIpc) is 2.32. The van der Waals surface area contributed by atoms with Gasteiger partial charge in [0.25, 0.3) is 5.91 Å². The molecule has 0 saturated heterocycles. The van der Waals surface area contributed by atoms with Gasteiger partial charge in [-0.2, -0.15) is 0 Å². The molecule has 0 N–H and O–H groups in total. The van der Waals surface area contributed by atoms with E-state index in [0.717, 1.165) is 33.1 Å². The molecule has 1 heterocycles. The Balaban J connectivity index is 2.23. The number of rotatable bonds is 1. The summed E-state index contributed by atoms with van der Waals surface area (Å²) in [5.74, 6) is 0.124. The fraction of sp³-hybridized carbons (Fsp3) is 0.308. The zero-order chi connectivity index (χ0) is 12.4. The number of amides is 1. The van der Waals surface area contributed by atoms with E-state index >= 15 is 0 Å². The maximum Gasteiger partial charge on any atom is 0.255 e. The van der Waals surface area contributed by atoms with Gasteiger partial charge in [0.2, 0.25) is 0 Å². The first-order valence-corrected chi connectivity index (χ1v) is 7.35. The molecule has 0 unspecified atom stereocenters. The Kier molecular flexibility index (Phi) is 4.25. The summed E-state index contributed by atoms with van der Waals surface area (Å²) in [5.41, 5.74) is 2.16. The topological polar surface area (TPSA) is 20.3 Å². The minimum absolute atomic E-state index is 0.124. The third-order valence-corrected chi connectivity index (χ3v) is 4.32. The van der Waals surface area contributed by atoms with Crippen LogP contribution in [0.5, 0.6) is 0 Å². The van der Waals surface area contributed by atoms with Gasteiger partial charge in [-0.05, 0) is 54.1 Å². The lowest BCUT2D eigenvalue weighted by Gasteiger charge is -2.26. The smallest absolute Gasteiger partial charge is 0.255 e. The lowest BCUT2D eigenvalue weighted by Crippen LogP contribution is -2.35. The highest BCUT2D eigenvalue weighted by Crippen LogP contribution is 2.21. The summed E-state index contributed by atoms with van der Waals surface area (Å²) in [5, 5.41) is 0. The SMILES string of the molecule is CC1=CCN(C(=O)c2cc(Br)ccc2I)CC1. The maximum atomic E-state index is 12.4. The van der Waals surface area contributed by atoms with Gasteiger partial charge >= 0.3 is 0 Å². The third kappa shape index (κ3) is 3.10. The zero-order valence-electron chi connectivity index (χ0n) is 9.54. The summed E-state index contributed by atoms with van der Waals surface area (Å²) in [6, 6.07) is 5.82. The molecule has 17 heavy (non-hydrogen) atoms. The van der Waals surface area contributed by atoms with Crippen LogP contribution in [0.4, 0.5) is 0 Å². The first-order valence-electron chi connectivity index (χ1n) is 5.48. The van der Waals surface area contributed by atoms with Crippen molar-refractivity contribution in [2.24, 2.45) is 0 Å². The van der Waals surface area contributed by atoms with Crippen molar-refractivity contribution in [2.45, 2.75) is 13.3 Å². The second-order valence-corrected chi connectivity index (χ2v) is 6.25. The number of benzene rings is 1. The van der Waals surface area contributed by atoms with Gasteiger partial charge in [0, 0.05) is 21.1 Å². The van der Waals surface area contributed by atoms with Crippen molar-refractivity contribution < 1.29 is 4.79 Å². The van der Waals surface area contributed by atoms with Gasteiger partial charge in [-0.25, -0.2) is 0 Å². The third-order valence-electron chi connectivity index (χ3n) is 2.88. The van der Waals surface area contributed by atoms with E-state index in [4.69, 9.17) is 0 Å².